The van der Waals surface area contributed by atoms with Crippen LogP contribution in [0.5, 0.6) is 5.75 Å². The highest BCUT2D eigenvalue weighted by atomic mass is 16.5. The highest BCUT2D eigenvalue weighted by molar-refractivity contribution is 5.27. The SMILES string of the molecule is CCCCOc1ccc(CN2CC[C@@H](N)C2)cc1. The van der Waals surface area contributed by atoms with Crippen LogP contribution in [0.3, 0.4) is 0 Å². The maximum absolute atomic E-state index is 5.91. The first-order valence-corrected chi connectivity index (χ1v) is 6.97. The average molecular weight is 248 g/mol. The van der Waals surface area contributed by atoms with Crippen molar-refractivity contribution in [3.63, 3.8) is 0 Å². The van der Waals surface area contributed by atoms with Crippen LogP contribution >= 0.6 is 0 Å². The molecule has 100 valence electrons. The third-order valence-electron chi connectivity index (χ3n) is 3.40. The van der Waals surface area contributed by atoms with Crippen LogP contribution in [0.4, 0.5) is 0 Å². The minimum Gasteiger partial charge on any atom is -0.494 e. The quantitative estimate of drug-likeness (QED) is 0.786. The Kier molecular flexibility index (Phi) is 5.02. The van der Waals surface area contributed by atoms with Gasteiger partial charge in [-0.15, -0.1) is 0 Å². The molecule has 1 heterocycles. The fourth-order valence-electron chi connectivity index (χ4n) is 2.29. The lowest BCUT2D eigenvalue weighted by atomic mass is 10.2. The number of benzene rings is 1. The molecule has 1 aliphatic rings. The number of rotatable bonds is 6. The summed E-state index contributed by atoms with van der Waals surface area (Å²) in [6.07, 6.45) is 3.42. The fourth-order valence-corrected chi connectivity index (χ4v) is 2.29. The topological polar surface area (TPSA) is 38.5 Å². The largest absolute Gasteiger partial charge is 0.494 e. The van der Waals surface area contributed by atoms with Crippen molar-refractivity contribution in [3.05, 3.63) is 29.8 Å². The molecular formula is C15H24N2O. The summed E-state index contributed by atoms with van der Waals surface area (Å²) in [7, 11) is 0. The third kappa shape index (κ3) is 4.00. The number of nitrogens with zero attached hydrogens (tertiary/aromatic N) is 1. The molecule has 2 rings (SSSR count). The van der Waals surface area contributed by atoms with Gasteiger partial charge < -0.3 is 10.5 Å². The van der Waals surface area contributed by atoms with Crippen LogP contribution in [-0.2, 0) is 6.54 Å². The molecule has 3 nitrogen and oxygen atoms in total. The van der Waals surface area contributed by atoms with E-state index in [2.05, 4.69) is 36.1 Å². The van der Waals surface area contributed by atoms with Gasteiger partial charge in [-0.2, -0.15) is 0 Å². The van der Waals surface area contributed by atoms with Gasteiger partial charge in [0.2, 0.25) is 0 Å². The van der Waals surface area contributed by atoms with Gasteiger partial charge in [-0.3, -0.25) is 4.90 Å². The number of likely N-dealkylation sites (tertiary alicyclic amines) is 1. The van der Waals surface area contributed by atoms with Crippen LogP contribution in [0.15, 0.2) is 24.3 Å². The Hall–Kier alpha value is -1.06. The van der Waals surface area contributed by atoms with Crippen molar-refractivity contribution >= 4 is 0 Å². The number of nitrogens with two attached hydrogens (primary N) is 1. The second-order valence-corrected chi connectivity index (χ2v) is 5.13. The van der Waals surface area contributed by atoms with E-state index < -0.39 is 0 Å². The van der Waals surface area contributed by atoms with Crippen molar-refractivity contribution in [2.75, 3.05) is 19.7 Å². The van der Waals surface area contributed by atoms with Gasteiger partial charge >= 0.3 is 0 Å². The van der Waals surface area contributed by atoms with Gasteiger partial charge in [-0.25, -0.2) is 0 Å². The van der Waals surface area contributed by atoms with Gasteiger partial charge in [0.25, 0.3) is 0 Å². The van der Waals surface area contributed by atoms with E-state index >= 15 is 0 Å². The van der Waals surface area contributed by atoms with E-state index in [-0.39, 0.29) is 0 Å². The second kappa shape index (κ2) is 6.76. The Labute approximate surface area is 110 Å². The first-order chi connectivity index (χ1) is 8.78. The zero-order valence-electron chi connectivity index (χ0n) is 11.3. The predicted molar refractivity (Wildman–Crippen MR) is 74.7 cm³/mol. The Morgan fingerprint density at radius 3 is 2.72 bits per heavy atom. The van der Waals surface area contributed by atoms with Crippen molar-refractivity contribution in [2.24, 2.45) is 5.73 Å². The molecule has 0 spiro atoms. The molecule has 0 aromatic heterocycles. The normalized spacial score (nSPS) is 20.2. The molecule has 0 saturated carbocycles. The summed E-state index contributed by atoms with van der Waals surface area (Å²) in [6.45, 7) is 6.14. The molecule has 1 fully saturated rings. The van der Waals surface area contributed by atoms with Gasteiger partial charge in [0, 0.05) is 25.7 Å². The van der Waals surface area contributed by atoms with E-state index in [1.54, 1.807) is 0 Å². The van der Waals surface area contributed by atoms with E-state index in [0.29, 0.717) is 6.04 Å². The molecule has 1 atom stereocenters. The van der Waals surface area contributed by atoms with Gasteiger partial charge in [0.1, 0.15) is 5.75 Å². The Morgan fingerprint density at radius 1 is 1.33 bits per heavy atom. The minimum atomic E-state index is 0.363. The van der Waals surface area contributed by atoms with Crippen molar-refractivity contribution in [1.29, 1.82) is 0 Å². The zero-order chi connectivity index (χ0) is 12.8. The lowest BCUT2D eigenvalue weighted by Gasteiger charge is -2.15. The molecule has 18 heavy (non-hydrogen) atoms. The molecule has 0 bridgehead atoms. The first kappa shape index (κ1) is 13.4. The molecule has 1 aliphatic heterocycles. The van der Waals surface area contributed by atoms with Crippen LogP contribution in [0, 0.1) is 0 Å². The Bertz CT molecular complexity index is 350. The number of hydrogen-bond donors (Lipinski definition) is 1. The zero-order valence-corrected chi connectivity index (χ0v) is 11.3. The van der Waals surface area contributed by atoms with Crippen LogP contribution < -0.4 is 10.5 Å². The molecule has 0 unspecified atom stereocenters. The highest BCUT2D eigenvalue weighted by Gasteiger charge is 2.18. The van der Waals surface area contributed by atoms with E-state index in [1.807, 2.05) is 0 Å². The molecule has 0 amide bonds. The van der Waals surface area contributed by atoms with Crippen molar-refractivity contribution in [1.82, 2.24) is 4.90 Å². The Morgan fingerprint density at radius 2 is 2.11 bits per heavy atom. The third-order valence-corrected chi connectivity index (χ3v) is 3.40. The van der Waals surface area contributed by atoms with Gasteiger partial charge in [0.15, 0.2) is 0 Å². The monoisotopic (exact) mass is 248 g/mol. The van der Waals surface area contributed by atoms with Crippen LogP contribution in [-0.4, -0.2) is 30.6 Å². The smallest absolute Gasteiger partial charge is 0.119 e. The van der Waals surface area contributed by atoms with Crippen LogP contribution in [0.2, 0.25) is 0 Å². The summed E-state index contributed by atoms with van der Waals surface area (Å²) in [5, 5.41) is 0. The summed E-state index contributed by atoms with van der Waals surface area (Å²) >= 11 is 0. The van der Waals surface area contributed by atoms with E-state index in [9.17, 15) is 0 Å². The second-order valence-electron chi connectivity index (χ2n) is 5.13. The lowest BCUT2D eigenvalue weighted by molar-refractivity contribution is 0.308. The van der Waals surface area contributed by atoms with Gasteiger partial charge in [-0.1, -0.05) is 25.5 Å². The summed E-state index contributed by atoms with van der Waals surface area (Å²) in [5.74, 6) is 0.977. The van der Waals surface area contributed by atoms with Crippen molar-refractivity contribution in [2.45, 2.75) is 38.8 Å². The summed E-state index contributed by atoms with van der Waals surface area (Å²) < 4.78 is 5.65. The fraction of sp³-hybridized carbons (Fsp3) is 0.600. The van der Waals surface area contributed by atoms with Crippen molar-refractivity contribution < 1.29 is 4.74 Å². The molecule has 2 N–H and O–H groups in total. The Balaban J connectivity index is 1.80. The number of hydrogen-bond acceptors (Lipinski definition) is 3. The summed E-state index contributed by atoms with van der Waals surface area (Å²) in [4.78, 5) is 2.41. The standard InChI is InChI=1S/C15H24N2O/c1-2-3-10-18-15-6-4-13(5-7-15)11-17-9-8-14(16)12-17/h4-7,14H,2-3,8-12,16H2,1H3/t14-/m1/s1. The highest BCUT2D eigenvalue weighted by Crippen LogP contribution is 2.16. The maximum Gasteiger partial charge on any atom is 0.119 e. The molecule has 3 heteroatoms. The number of ether oxygens (including phenoxy) is 1. The van der Waals surface area contributed by atoms with E-state index in [4.69, 9.17) is 10.5 Å². The summed E-state index contributed by atoms with van der Waals surface area (Å²) in [5.41, 5.74) is 7.25. The minimum absolute atomic E-state index is 0.363. The van der Waals surface area contributed by atoms with Gasteiger partial charge in [0.05, 0.1) is 6.61 Å². The molecule has 0 radical (unpaired) electrons. The predicted octanol–water partition coefficient (Wildman–Crippen LogP) is 2.40. The average Bonchev–Trinajstić information content (AvgIpc) is 2.77. The maximum atomic E-state index is 5.91. The molecule has 1 aromatic rings. The lowest BCUT2D eigenvalue weighted by Crippen LogP contribution is -2.26. The summed E-state index contributed by atoms with van der Waals surface area (Å²) in [6, 6.07) is 8.82. The molecule has 0 aliphatic carbocycles. The number of unbranched alkanes of at least 4 members (excludes halogenated alkanes) is 1. The first-order valence-electron chi connectivity index (χ1n) is 6.97. The molecular weight excluding hydrogens is 224 g/mol. The van der Waals surface area contributed by atoms with E-state index in [1.165, 1.54) is 12.0 Å². The van der Waals surface area contributed by atoms with Crippen LogP contribution in [0.25, 0.3) is 0 Å². The van der Waals surface area contributed by atoms with E-state index in [0.717, 1.165) is 44.8 Å². The molecule has 1 saturated heterocycles. The van der Waals surface area contributed by atoms with Gasteiger partial charge in [-0.05, 0) is 30.5 Å². The molecule has 1 aromatic carbocycles. The van der Waals surface area contributed by atoms with Crippen molar-refractivity contribution in [3.8, 4) is 5.75 Å². The van der Waals surface area contributed by atoms with Crippen LogP contribution in [0.1, 0.15) is 31.7 Å².